The molecule has 9 nitrogen and oxygen atoms in total. The Hall–Kier alpha value is -2.71. The maximum Gasteiger partial charge on any atom is 0.305 e. The van der Waals surface area contributed by atoms with Crippen LogP contribution >= 0.6 is 0 Å². The molecule has 0 aromatic carbocycles. The van der Waals surface area contributed by atoms with Gasteiger partial charge in [-0.15, -0.1) is 0 Å². The summed E-state index contributed by atoms with van der Waals surface area (Å²) in [5.74, 6) is -0.555. The molecule has 0 unspecified atom stereocenters. The Morgan fingerprint density at radius 1 is 1.29 bits per heavy atom. The van der Waals surface area contributed by atoms with E-state index in [0.717, 1.165) is 0 Å². The summed E-state index contributed by atoms with van der Waals surface area (Å²) >= 11 is 0. The number of nitrogens with zero attached hydrogens (tertiary/aromatic N) is 5. The molecule has 1 amide bonds. The number of carbonyl (C=O) groups excluding carboxylic acids is 1. The number of anilines is 1. The van der Waals surface area contributed by atoms with Crippen LogP contribution in [0.1, 0.15) is 6.42 Å². The van der Waals surface area contributed by atoms with Crippen molar-refractivity contribution < 1.29 is 14.7 Å². The van der Waals surface area contributed by atoms with E-state index in [4.69, 9.17) is 5.11 Å². The van der Waals surface area contributed by atoms with Crippen molar-refractivity contribution in [3.63, 3.8) is 0 Å². The third-order valence-electron chi connectivity index (χ3n) is 3.02. The van der Waals surface area contributed by atoms with E-state index in [-0.39, 0.29) is 25.4 Å². The minimum atomic E-state index is -0.932. The Kier molecular flexibility index (Phi) is 4.31. The van der Waals surface area contributed by atoms with Crippen LogP contribution in [0.4, 0.5) is 5.82 Å². The van der Waals surface area contributed by atoms with E-state index < -0.39 is 5.97 Å². The van der Waals surface area contributed by atoms with Crippen LogP contribution in [-0.4, -0.2) is 69.0 Å². The summed E-state index contributed by atoms with van der Waals surface area (Å²) in [5.41, 5.74) is 1.18. The van der Waals surface area contributed by atoms with Gasteiger partial charge in [-0.2, -0.15) is 0 Å². The molecule has 0 saturated heterocycles. The van der Waals surface area contributed by atoms with Gasteiger partial charge >= 0.3 is 5.97 Å². The summed E-state index contributed by atoms with van der Waals surface area (Å²) in [6.45, 7) is 0.256. The normalized spacial score (nSPS) is 10.6. The fraction of sp³-hybridized carbons (Fsp3) is 0.417. The van der Waals surface area contributed by atoms with Crippen molar-refractivity contribution >= 4 is 28.9 Å². The Bertz CT molecular complexity index is 655. The van der Waals surface area contributed by atoms with Crippen molar-refractivity contribution in [1.82, 2.24) is 24.8 Å². The molecule has 21 heavy (non-hydrogen) atoms. The molecule has 2 N–H and O–H groups in total. The molecule has 0 aliphatic rings. The molecule has 0 aliphatic carbocycles. The van der Waals surface area contributed by atoms with Gasteiger partial charge in [0.1, 0.15) is 11.8 Å². The molecule has 0 saturated carbocycles. The summed E-state index contributed by atoms with van der Waals surface area (Å²) in [6, 6.07) is 0. The highest BCUT2D eigenvalue weighted by Gasteiger charge is 2.16. The minimum Gasteiger partial charge on any atom is -0.481 e. The molecule has 0 bridgehead atoms. The first-order valence-corrected chi connectivity index (χ1v) is 6.30. The van der Waals surface area contributed by atoms with Gasteiger partial charge in [-0.3, -0.25) is 9.59 Å². The highest BCUT2D eigenvalue weighted by molar-refractivity contribution is 5.87. The smallest absolute Gasteiger partial charge is 0.305 e. The fourth-order valence-corrected chi connectivity index (χ4v) is 1.83. The number of nitrogens with one attached hydrogen (secondary N) is 1. The van der Waals surface area contributed by atoms with Crippen LogP contribution in [0.2, 0.25) is 0 Å². The number of hydrogen-bond donors (Lipinski definition) is 2. The number of fused-ring (bicyclic) bond motifs is 1. The summed E-state index contributed by atoms with van der Waals surface area (Å²) in [6.07, 6.45) is 2.81. The summed E-state index contributed by atoms with van der Waals surface area (Å²) in [5, 5.41) is 8.62. The quantitative estimate of drug-likeness (QED) is 0.752. The summed E-state index contributed by atoms with van der Waals surface area (Å²) in [4.78, 5) is 40.7. The van der Waals surface area contributed by atoms with Crippen molar-refractivity contribution in [2.75, 3.05) is 32.1 Å². The zero-order valence-corrected chi connectivity index (χ0v) is 11.8. The van der Waals surface area contributed by atoms with E-state index in [1.165, 1.54) is 17.6 Å². The molecule has 0 radical (unpaired) electrons. The number of aromatic amines is 1. The number of amides is 1. The van der Waals surface area contributed by atoms with Crippen LogP contribution in [0.15, 0.2) is 12.7 Å². The Balaban J connectivity index is 2.04. The second-order valence-electron chi connectivity index (χ2n) is 4.61. The molecular weight excluding hydrogens is 276 g/mol. The number of likely N-dealkylation sites (N-methyl/N-ethyl adjacent to an activating group) is 2. The van der Waals surface area contributed by atoms with E-state index >= 15 is 0 Å². The minimum absolute atomic E-state index is 0.0791. The number of carbonyl (C=O) groups is 2. The Morgan fingerprint density at radius 3 is 2.76 bits per heavy atom. The highest BCUT2D eigenvalue weighted by atomic mass is 16.4. The van der Waals surface area contributed by atoms with Gasteiger partial charge in [0.2, 0.25) is 5.91 Å². The SMILES string of the molecule is CN(CCC(=O)O)C(=O)CN(C)c1ncnc2nc[nH]c12. The number of imidazole rings is 1. The van der Waals surface area contributed by atoms with Crippen molar-refractivity contribution in [3.8, 4) is 0 Å². The van der Waals surface area contributed by atoms with E-state index in [2.05, 4.69) is 19.9 Å². The van der Waals surface area contributed by atoms with Crippen molar-refractivity contribution in [3.05, 3.63) is 12.7 Å². The highest BCUT2D eigenvalue weighted by Crippen LogP contribution is 2.17. The average molecular weight is 292 g/mol. The van der Waals surface area contributed by atoms with Gasteiger partial charge in [0.25, 0.3) is 0 Å². The molecule has 2 rings (SSSR count). The lowest BCUT2D eigenvalue weighted by atomic mass is 10.3. The maximum absolute atomic E-state index is 12.0. The number of carboxylic acid groups (broad SMARTS) is 1. The zero-order chi connectivity index (χ0) is 15.4. The monoisotopic (exact) mass is 292 g/mol. The molecule has 9 heteroatoms. The maximum atomic E-state index is 12.0. The molecule has 0 atom stereocenters. The standard InChI is InChI=1S/C12H16N6O3/c1-17(4-3-9(20)21)8(19)5-18(2)12-10-11(14-6-13-10)15-7-16-12/h6-7H,3-5H2,1-2H3,(H,20,21)(H,13,14,15,16). The van der Waals surface area contributed by atoms with Gasteiger partial charge in [0, 0.05) is 20.6 Å². The number of hydrogen-bond acceptors (Lipinski definition) is 6. The average Bonchev–Trinajstić information content (AvgIpc) is 2.92. The van der Waals surface area contributed by atoms with Crippen LogP contribution < -0.4 is 4.90 Å². The van der Waals surface area contributed by atoms with E-state index in [0.29, 0.717) is 17.0 Å². The van der Waals surface area contributed by atoms with Gasteiger partial charge < -0.3 is 19.9 Å². The molecular formula is C12H16N6O3. The number of aliphatic carboxylic acids is 1. The Morgan fingerprint density at radius 2 is 2.05 bits per heavy atom. The zero-order valence-electron chi connectivity index (χ0n) is 11.8. The topological polar surface area (TPSA) is 115 Å². The predicted molar refractivity (Wildman–Crippen MR) is 74.8 cm³/mol. The van der Waals surface area contributed by atoms with Gasteiger partial charge in [-0.05, 0) is 0 Å². The van der Waals surface area contributed by atoms with Crippen LogP contribution in [0, 0.1) is 0 Å². The van der Waals surface area contributed by atoms with E-state index in [1.54, 1.807) is 19.0 Å². The van der Waals surface area contributed by atoms with E-state index in [9.17, 15) is 9.59 Å². The molecule has 0 spiro atoms. The van der Waals surface area contributed by atoms with Gasteiger partial charge in [0.15, 0.2) is 11.5 Å². The molecule has 112 valence electrons. The Labute approximate surface area is 120 Å². The predicted octanol–water partition coefficient (Wildman–Crippen LogP) is -0.278. The van der Waals surface area contributed by atoms with E-state index in [1.807, 2.05) is 0 Å². The molecule has 0 aliphatic heterocycles. The van der Waals surface area contributed by atoms with Crippen molar-refractivity contribution in [2.45, 2.75) is 6.42 Å². The van der Waals surface area contributed by atoms with Crippen LogP contribution in [0.5, 0.6) is 0 Å². The third-order valence-corrected chi connectivity index (χ3v) is 3.02. The van der Waals surface area contributed by atoms with Crippen LogP contribution in [-0.2, 0) is 9.59 Å². The number of aromatic nitrogens is 4. The lowest BCUT2D eigenvalue weighted by Crippen LogP contribution is -2.38. The first-order chi connectivity index (χ1) is 9.99. The second kappa shape index (κ2) is 6.16. The second-order valence-corrected chi connectivity index (χ2v) is 4.61. The molecule has 0 fully saturated rings. The van der Waals surface area contributed by atoms with Gasteiger partial charge in [-0.1, -0.05) is 0 Å². The van der Waals surface area contributed by atoms with Gasteiger partial charge in [0.05, 0.1) is 19.3 Å². The summed E-state index contributed by atoms with van der Waals surface area (Å²) in [7, 11) is 3.30. The fourth-order valence-electron chi connectivity index (χ4n) is 1.83. The number of carboxylic acids is 1. The molecule has 2 heterocycles. The first-order valence-electron chi connectivity index (χ1n) is 6.30. The molecule has 2 aromatic heterocycles. The first kappa shape index (κ1) is 14.7. The summed E-state index contributed by atoms with van der Waals surface area (Å²) < 4.78 is 0. The lowest BCUT2D eigenvalue weighted by molar-refractivity contribution is -0.138. The van der Waals surface area contributed by atoms with Crippen molar-refractivity contribution in [1.29, 1.82) is 0 Å². The molecule has 2 aromatic rings. The largest absolute Gasteiger partial charge is 0.481 e. The lowest BCUT2D eigenvalue weighted by Gasteiger charge is -2.22. The number of H-pyrrole nitrogens is 1. The van der Waals surface area contributed by atoms with Crippen LogP contribution in [0.3, 0.4) is 0 Å². The van der Waals surface area contributed by atoms with Crippen LogP contribution in [0.25, 0.3) is 11.2 Å². The van der Waals surface area contributed by atoms with Crippen molar-refractivity contribution in [2.24, 2.45) is 0 Å². The number of rotatable bonds is 6. The third kappa shape index (κ3) is 3.44. The van der Waals surface area contributed by atoms with Gasteiger partial charge in [-0.25, -0.2) is 15.0 Å².